The Balaban J connectivity index is 1.87. The minimum absolute atomic E-state index is 0.143. The molecule has 5 nitrogen and oxygen atoms in total. The van der Waals surface area contributed by atoms with Crippen molar-refractivity contribution in [2.24, 2.45) is 0 Å². The number of sulfonamides is 1. The Kier molecular flexibility index (Phi) is 6.81. The van der Waals surface area contributed by atoms with Crippen molar-refractivity contribution >= 4 is 21.6 Å². The Morgan fingerprint density at radius 3 is 2.03 bits per heavy atom. The predicted molar refractivity (Wildman–Crippen MR) is 125 cm³/mol. The first-order valence-electron chi connectivity index (χ1n) is 10.2. The summed E-state index contributed by atoms with van der Waals surface area (Å²) < 4.78 is 27.8. The summed E-state index contributed by atoms with van der Waals surface area (Å²) in [5.41, 5.74) is 4.90. The summed E-state index contributed by atoms with van der Waals surface area (Å²) in [6, 6.07) is 20.8. The summed E-state index contributed by atoms with van der Waals surface area (Å²) in [4.78, 5) is 13.1. The average molecular weight is 437 g/mol. The van der Waals surface area contributed by atoms with Gasteiger partial charge in [0, 0.05) is 0 Å². The first kappa shape index (κ1) is 22.6. The molecule has 0 aromatic heterocycles. The summed E-state index contributed by atoms with van der Waals surface area (Å²) >= 11 is 0. The lowest BCUT2D eigenvalue weighted by Crippen LogP contribution is -2.41. The first-order chi connectivity index (χ1) is 14.7. The van der Waals surface area contributed by atoms with E-state index in [1.165, 1.54) is 17.7 Å². The van der Waals surface area contributed by atoms with Crippen LogP contribution in [0.5, 0.6) is 0 Å². The molecule has 0 saturated heterocycles. The van der Waals surface area contributed by atoms with Gasteiger partial charge in [-0.2, -0.15) is 0 Å². The topological polar surface area (TPSA) is 66.5 Å². The maximum absolute atomic E-state index is 13.3. The summed E-state index contributed by atoms with van der Waals surface area (Å²) in [7, 11) is -3.90. The van der Waals surface area contributed by atoms with Crippen molar-refractivity contribution in [2.75, 3.05) is 10.8 Å². The minimum atomic E-state index is -3.90. The van der Waals surface area contributed by atoms with Gasteiger partial charge in [0.15, 0.2) is 0 Å². The van der Waals surface area contributed by atoms with E-state index in [1.807, 2.05) is 26.8 Å². The van der Waals surface area contributed by atoms with Crippen molar-refractivity contribution in [1.82, 2.24) is 5.32 Å². The Labute approximate surface area is 184 Å². The van der Waals surface area contributed by atoms with E-state index in [1.54, 1.807) is 42.5 Å². The highest BCUT2D eigenvalue weighted by Crippen LogP contribution is 2.24. The number of amides is 1. The van der Waals surface area contributed by atoms with Gasteiger partial charge in [0.2, 0.25) is 5.91 Å². The molecule has 3 aromatic rings. The van der Waals surface area contributed by atoms with E-state index in [0.29, 0.717) is 5.69 Å². The van der Waals surface area contributed by atoms with Crippen LogP contribution in [0.25, 0.3) is 0 Å². The molecule has 1 amide bonds. The molecule has 0 aliphatic carbocycles. The predicted octanol–water partition coefficient (Wildman–Crippen LogP) is 4.68. The summed E-state index contributed by atoms with van der Waals surface area (Å²) in [5.74, 6) is -0.367. The first-order valence-corrected chi connectivity index (χ1v) is 11.6. The molecule has 0 saturated carbocycles. The van der Waals surface area contributed by atoms with Crippen molar-refractivity contribution < 1.29 is 13.2 Å². The number of rotatable bonds is 7. The Morgan fingerprint density at radius 1 is 0.871 bits per heavy atom. The van der Waals surface area contributed by atoms with Gasteiger partial charge >= 0.3 is 0 Å². The van der Waals surface area contributed by atoms with Crippen molar-refractivity contribution in [2.45, 2.75) is 38.6 Å². The monoisotopic (exact) mass is 436 g/mol. The van der Waals surface area contributed by atoms with Crippen LogP contribution in [0, 0.1) is 20.8 Å². The van der Waals surface area contributed by atoms with Crippen molar-refractivity contribution in [1.29, 1.82) is 0 Å². The minimum Gasteiger partial charge on any atom is -0.348 e. The van der Waals surface area contributed by atoms with E-state index in [0.717, 1.165) is 21.0 Å². The van der Waals surface area contributed by atoms with Crippen LogP contribution in [0.3, 0.4) is 0 Å². The van der Waals surface area contributed by atoms with Gasteiger partial charge < -0.3 is 5.32 Å². The van der Waals surface area contributed by atoms with E-state index < -0.39 is 10.0 Å². The fraction of sp³-hybridized carbons (Fsp3) is 0.240. The zero-order valence-corrected chi connectivity index (χ0v) is 19.1. The molecule has 31 heavy (non-hydrogen) atoms. The molecule has 0 heterocycles. The number of carbonyl (C=O) groups excluding carboxylic acids is 1. The van der Waals surface area contributed by atoms with Crippen molar-refractivity contribution in [3.8, 4) is 0 Å². The molecule has 0 aliphatic rings. The molecule has 0 bridgehead atoms. The van der Waals surface area contributed by atoms with Gasteiger partial charge in [-0.05, 0) is 74.2 Å². The number of aryl methyl sites for hydroxylation is 3. The fourth-order valence-corrected chi connectivity index (χ4v) is 5.02. The van der Waals surface area contributed by atoms with Gasteiger partial charge in [-0.25, -0.2) is 8.42 Å². The fourth-order valence-electron chi connectivity index (χ4n) is 3.57. The van der Waals surface area contributed by atoms with Crippen molar-refractivity contribution in [3.05, 3.63) is 95.1 Å². The molecule has 162 valence electrons. The number of anilines is 1. The summed E-state index contributed by atoms with van der Waals surface area (Å²) in [6.45, 7) is 7.71. The molecular formula is C25H28N2O3S. The molecule has 0 radical (unpaired) electrons. The number of hydrogen-bond acceptors (Lipinski definition) is 3. The molecule has 1 N–H and O–H groups in total. The number of carbonyl (C=O) groups is 1. The van der Waals surface area contributed by atoms with Crippen LogP contribution in [0.2, 0.25) is 0 Å². The van der Waals surface area contributed by atoms with E-state index in [9.17, 15) is 13.2 Å². The molecule has 3 aromatic carbocycles. The van der Waals surface area contributed by atoms with Crippen LogP contribution in [-0.4, -0.2) is 20.9 Å². The average Bonchev–Trinajstić information content (AvgIpc) is 2.75. The second kappa shape index (κ2) is 9.35. The quantitative estimate of drug-likeness (QED) is 0.585. The lowest BCUT2D eigenvalue weighted by molar-refractivity contribution is -0.120. The van der Waals surface area contributed by atoms with Crippen LogP contribution in [-0.2, 0) is 14.8 Å². The lowest BCUT2D eigenvalue weighted by atomic mass is 9.96. The largest absolute Gasteiger partial charge is 0.348 e. The third-order valence-electron chi connectivity index (χ3n) is 5.39. The molecule has 1 atom stereocenters. The number of para-hydroxylation sites is 1. The molecule has 0 fully saturated rings. The van der Waals surface area contributed by atoms with E-state index in [2.05, 4.69) is 24.4 Å². The molecular weight excluding hydrogens is 408 g/mol. The van der Waals surface area contributed by atoms with Crippen LogP contribution >= 0.6 is 0 Å². The normalized spacial score (nSPS) is 12.3. The molecule has 6 heteroatoms. The van der Waals surface area contributed by atoms with Gasteiger partial charge in [-0.3, -0.25) is 9.10 Å². The Morgan fingerprint density at radius 2 is 1.42 bits per heavy atom. The lowest BCUT2D eigenvalue weighted by Gasteiger charge is -2.25. The van der Waals surface area contributed by atoms with Gasteiger partial charge in [0.1, 0.15) is 6.54 Å². The van der Waals surface area contributed by atoms with Gasteiger partial charge in [-0.15, -0.1) is 0 Å². The van der Waals surface area contributed by atoms with Crippen LogP contribution in [0.4, 0.5) is 5.69 Å². The third-order valence-corrected chi connectivity index (χ3v) is 7.18. The SMILES string of the molecule is Cc1cc(C)c([C@H](C)NC(=O)CN(c2ccccc2)S(=O)(=O)c2ccccc2)cc1C. The number of hydrogen-bond donors (Lipinski definition) is 1. The van der Waals surface area contributed by atoms with Gasteiger partial charge in [0.05, 0.1) is 16.6 Å². The second-order valence-electron chi connectivity index (χ2n) is 7.74. The zero-order chi connectivity index (χ0) is 22.6. The number of nitrogens with one attached hydrogen (secondary N) is 1. The second-order valence-corrected chi connectivity index (χ2v) is 9.60. The molecule has 0 unspecified atom stereocenters. The van der Waals surface area contributed by atoms with Crippen LogP contribution in [0.1, 0.15) is 35.2 Å². The molecule has 0 spiro atoms. The Hall–Kier alpha value is -3.12. The molecule has 3 rings (SSSR count). The van der Waals surface area contributed by atoms with E-state index >= 15 is 0 Å². The van der Waals surface area contributed by atoms with Gasteiger partial charge in [0.25, 0.3) is 10.0 Å². The smallest absolute Gasteiger partial charge is 0.264 e. The van der Waals surface area contributed by atoms with Gasteiger partial charge in [-0.1, -0.05) is 48.5 Å². The summed E-state index contributed by atoms with van der Waals surface area (Å²) in [6.07, 6.45) is 0. The van der Waals surface area contributed by atoms with Crippen LogP contribution in [0.15, 0.2) is 77.7 Å². The van der Waals surface area contributed by atoms with Crippen molar-refractivity contribution in [3.63, 3.8) is 0 Å². The summed E-state index contributed by atoms with van der Waals surface area (Å²) in [5, 5.41) is 2.96. The van der Waals surface area contributed by atoms with Crippen LogP contribution < -0.4 is 9.62 Å². The van der Waals surface area contributed by atoms with E-state index in [-0.39, 0.29) is 23.4 Å². The Bertz CT molecular complexity index is 1160. The maximum Gasteiger partial charge on any atom is 0.264 e. The maximum atomic E-state index is 13.3. The highest BCUT2D eigenvalue weighted by atomic mass is 32.2. The zero-order valence-electron chi connectivity index (χ0n) is 18.3. The highest BCUT2D eigenvalue weighted by Gasteiger charge is 2.27. The highest BCUT2D eigenvalue weighted by molar-refractivity contribution is 7.92. The number of nitrogens with zero attached hydrogens (tertiary/aromatic N) is 1. The molecule has 0 aliphatic heterocycles. The third kappa shape index (κ3) is 5.14. The number of benzene rings is 3. The standard InChI is InChI=1S/C25H28N2O3S/c1-18-15-20(3)24(16-19(18)2)21(4)26-25(28)17-27(22-11-7-5-8-12-22)31(29,30)23-13-9-6-10-14-23/h5-16,21H,17H2,1-4H3,(H,26,28)/t21-/m0/s1. The van der Waals surface area contributed by atoms with E-state index in [4.69, 9.17) is 0 Å².